The Morgan fingerprint density at radius 3 is 2.17 bits per heavy atom. The molecule has 7 heteroatoms. The summed E-state index contributed by atoms with van der Waals surface area (Å²) in [6, 6.07) is 12.1. The van der Waals surface area contributed by atoms with E-state index in [4.69, 9.17) is 0 Å². The summed E-state index contributed by atoms with van der Waals surface area (Å²) in [6.07, 6.45) is -2.97. The lowest BCUT2D eigenvalue weighted by Crippen LogP contribution is -2.43. The third-order valence-electron chi connectivity index (χ3n) is 6.75. The van der Waals surface area contributed by atoms with Gasteiger partial charge in [-0.1, -0.05) is 65.7 Å². The molecule has 0 atom stereocenters. The SMILES string of the molecule is CC(C)[Si](C#Cc1ccc(C(F)(F)F)cc1C(=O)Nc1cccc2cccnc12)(C(C)C)C(C)C. The number of carbonyl (C=O) groups excluding carboxylic acids is 1. The van der Waals surface area contributed by atoms with Crippen LogP contribution in [0.3, 0.4) is 0 Å². The Balaban J connectivity index is 2.13. The standard InChI is InChI=1S/C28H31F3N2OSi/c1-18(2)35(19(3)4,20(5)6)16-14-21-12-13-23(28(29,30)31)17-24(21)27(34)33-25-11-7-9-22-10-8-15-32-26(22)25/h7-13,15,17-20H,1-6H3,(H,33,34). The van der Waals surface area contributed by atoms with Gasteiger partial charge in [0.15, 0.2) is 0 Å². The number of rotatable bonds is 5. The first-order valence-electron chi connectivity index (χ1n) is 11.8. The number of amides is 1. The minimum atomic E-state index is -4.58. The number of fused-ring (bicyclic) bond motifs is 1. The van der Waals surface area contributed by atoms with Gasteiger partial charge in [0.25, 0.3) is 5.91 Å². The second-order valence-corrected chi connectivity index (χ2v) is 15.3. The monoisotopic (exact) mass is 496 g/mol. The number of nitrogens with zero attached hydrogens (tertiary/aromatic N) is 1. The normalized spacial score (nSPS) is 12.2. The van der Waals surface area contributed by atoms with Crippen molar-refractivity contribution >= 4 is 30.6 Å². The van der Waals surface area contributed by atoms with Crippen molar-refractivity contribution < 1.29 is 18.0 Å². The molecule has 0 saturated carbocycles. The van der Waals surface area contributed by atoms with Gasteiger partial charge in [0, 0.05) is 17.1 Å². The van der Waals surface area contributed by atoms with E-state index in [-0.39, 0.29) is 5.56 Å². The van der Waals surface area contributed by atoms with Crippen LogP contribution in [0.1, 0.15) is 63.0 Å². The zero-order valence-corrected chi connectivity index (χ0v) is 21.9. The molecule has 3 rings (SSSR count). The van der Waals surface area contributed by atoms with E-state index in [2.05, 4.69) is 63.3 Å². The lowest BCUT2D eigenvalue weighted by Gasteiger charge is -2.38. The van der Waals surface area contributed by atoms with Crippen LogP contribution < -0.4 is 5.32 Å². The van der Waals surface area contributed by atoms with Gasteiger partial charge in [-0.05, 0) is 47.0 Å². The van der Waals surface area contributed by atoms with E-state index < -0.39 is 25.7 Å². The van der Waals surface area contributed by atoms with Crippen LogP contribution in [0.5, 0.6) is 0 Å². The van der Waals surface area contributed by atoms with E-state index in [1.165, 1.54) is 6.07 Å². The summed E-state index contributed by atoms with van der Waals surface area (Å²) in [6.45, 7) is 13.0. The molecule has 0 bridgehead atoms. The molecule has 1 heterocycles. The van der Waals surface area contributed by atoms with Gasteiger partial charge in [-0.25, -0.2) is 0 Å². The molecule has 0 aliphatic heterocycles. The Bertz CT molecular complexity index is 1260. The number of nitrogens with one attached hydrogen (secondary N) is 1. The van der Waals surface area contributed by atoms with Crippen molar-refractivity contribution in [1.29, 1.82) is 0 Å². The minimum absolute atomic E-state index is 0.0978. The number of para-hydroxylation sites is 1. The van der Waals surface area contributed by atoms with Crippen LogP contribution in [-0.4, -0.2) is 19.0 Å². The van der Waals surface area contributed by atoms with Crippen molar-refractivity contribution in [1.82, 2.24) is 4.98 Å². The maximum atomic E-state index is 13.5. The molecule has 2 aromatic carbocycles. The van der Waals surface area contributed by atoms with Gasteiger partial charge in [-0.3, -0.25) is 9.78 Å². The average molecular weight is 497 g/mol. The van der Waals surface area contributed by atoms with Crippen LogP contribution in [-0.2, 0) is 6.18 Å². The summed E-state index contributed by atoms with van der Waals surface area (Å²) in [4.78, 5) is 17.6. The first-order chi connectivity index (χ1) is 16.4. The van der Waals surface area contributed by atoms with Crippen LogP contribution in [0, 0.1) is 11.5 Å². The number of anilines is 1. The molecule has 1 aromatic heterocycles. The van der Waals surface area contributed by atoms with Crippen molar-refractivity contribution in [3.63, 3.8) is 0 Å². The summed E-state index contributed by atoms with van der Waals surface area (Å²) >= 11 is 0. The Kier molecular flexibility index (Phi) is 7.76. The van der Waals surface area contributed by atoms with E-state index in [1.54, 1.807) is 24.4 Å². The molecule has 0 radical (unpaired) electrons. The number of carbonyl (C=O) groups is 1. The molecule has 3 aromatic rings. The van der Waals surface area contributed by atoms with Gasteiger partial charge in [-0.2, -0.15) is 13.2 Å². The predicted octanol–water partition coefficient (Wildman–Crippen LogP) is 8.08. The van der Waals surface area contributed by atoms with Gasteiger partial charge in [0.05, 0.1) is 22.3 Å². The van der Waals surface area contributed by atoms with Crippen molar-refractivity contribution in [2.75, 3.05) is 5.32 Å². The molecule has 0 aliphatic carbocycles. The smallest absolute Gasteiger partial charge is 0.320 e. The molecule has 35 heavy (non-hydrogen) atoms. The van der Waals surface area contributed by atoms with Gasteiger partial charge in [0.2, 0.25) is 0 Å². The maximum absolute atomic E-state index is 13.5. The van der Waals surface area contributed by atoms with Crippen LogP contribution in [0.4, 0.5) is 18.9 Å². The second-order valence-electron chi connectivity index (χ2n) is 9.74. The first kappa shape index (κ1) is 26.5. The Hall–Kier alpha value is -3.11. The van der Waals surface area contributed by atoms with Crippen molar-refractivity contribution in [3.05, 3.63) is 71.4 Å². The zero-order valence-electron chi connectivity index (χ0n) is 20.9. The lowest BCUT2D eigenvalue weighted by molar-refractivity contribution is -0.137. The molecule has 0 unspecified atom stereocenters. The Labute approximate surface area is 206 Å². The molecular formula is C28H31F3N2OSi. The summed E-state index contributed by atoms with van der Waals surface area (Å²) in [5.41, 5.74) is 4.87. The molecule has 0 saturated heterocycles. The van der Waals surface area contributed by atoms with E-state index in [0.717, 1.165) is 17.5 Å². The van der Waals surface area contributed by atoms with Crippen LogP contribution >= 0.6 is 0 Å². The zero-order chi connectivity index (χ0) is 26.0. The Morgan fingerprint density at radius 1 is 0.943 bits per heavy atom. The highest BCUT2D eigenvalue weighted by Gasteiger charge is 2.41. The highest BCUT2D eigenvalue weighted by molar-refractivity contribution is 6.90. The number of benzene rings is 2. The number of hydrogen-bond donors (Lipinski definition) is 1. The largest absolute Gasteiger partial charge is 0.416 e. The highest BCUT2D eigenvalue weighted by Crippen LogP contribution is 2.41. The molecule has 1 N–H and O–H groups in total. The summed E-state index contributed by atoms with van der Waals surface area (Å²) in [5.74, 6) is 2.50. The van der Waals surface area contributed by atoms with Crippen LogP contribution in [0.2, 0.25) is 16.6 Å². The van der Waals surface area contributed by atoms with Crippen molar-refractivity contribution in [3.8, 4) is 11.5 Å². The third kappa shape index (κ3) is 5.43. The van der Waals surface area contributed by atoms with Crippen LogP contribution in [0.25, 0.3) is 10.9 Å². The summed E-state index contributed by atoms with van der Waals surface area (Å²) in [5, 5.41) is 3.58. The molecule has 1 amide bonds. The first-order valence-corrected chi connectivity index (χ1v) is 14.0. The van der Waals surface area contributed by atoms with Gasteiger partial charge in [0.1, 0.15) is 8.07 Å². The number of aromatic nitrogens is 1. The van der Waals surface area contributed by atoms with Gasteiger partial charge >= 0.3 is 6.18 Å². The van der Waals surface area contributed by atoms with Gasteiger partial charge < -0.3 is 5.32 Å². The Morgan fingerprint density at radius 2 is 1.57 bits per heavy atom. The fourth-order valence-corrected chi connectivity index (χ4v) is 10.2. The fraction of sp³-hybridized carbons (Fsp3) is 0.357. The van der Waals surface area contributed by atoms with E-state index in [1.807, 2.05) is 12.1 Å². The third-order valence-corrected chi connectivity index (χ3v) is 13.0. The number of halogens is 3. The molecule has 0 aliphatic rings. The summed E-state index contributed by atoms with van der Waals surface area (Å²) < 4.78 is 40.6. The quantitative estimate of drug-likeness (QED) is 0.287. The van der Waals surface area contributed by atoms with E-state index >= 15 is 0 Å². The molecule has 0 spiro atoms. The number of pyridine rings is 1. The summed E-state index contributed by atoms with van der Waals surface area (Å²) in [7, 11) is -2.15. The molecule has 3 nitrogen and oxygen atoms in total. The molecule has 0 fully saturated rings. The lowest BCUT2D eigenvalue weighted by atomic mass is 10.0. The topological polar surface area (TPSA) is 42.0 Å². The molecule has 184 valence electrons. The number of alkyl halides is 3. The van der Waals surface area contributed by atoms with Crippen molar-refractivity contribution in [2.45, 2.75) is 64.3 Å². The maximum Gasteiger partial charge on any atom is 0.416 e. The van der Waals surface area contributed by atoms with E-state index in [0.29, 0.717) is 33.4 Å². The molecular weight excluding hydrogens is 465 g/mol. The fourth-order valence-electron chi connectivity index (χ4n) is 5.02. The van der Waals surface area contributed by atoms with Crippen molar-refractivity contribution in [2.24, 2.45) is 0 Å². The number of hydrogen-bond acceptors (Lipinski definition) is 2. The van der Waals surface area contributed by atoms with Crippen LogP contribution in [0.15, 0.2) is 54.7 Å². The van der Waals surface area contributed by atoms with Gasteiger partial charge in [-0.15, -0.1) is 5.54 Å². The van der Waals surface area contributed by atoms with E-state index in [9.17, 15) is 18.0 Å². The second kappa shape index (κ2) is 10.2. The predicted molar refractivity (Wildman–Crippen MR) is 139 cm³/mol. The minimum Gasteiger partial charge on any atom is -0.320 e. The highest BCUT2D eigenvalue weighted by atomic mass is 28.3. The average Bonchev–Trinajstić information content (AvgIpc) is 2.78.